The molecule has 0 aliphatic carbocycles. The Morgan fingerprint density at radius 1 is 1.19 bits per heavy atom. The number of aromatic nitrogens is 1. The smallest absolute Gasteiger partial charge is 0.153 e. The monoisotopic (exact) mass is 212 g/mol. The lowest BCUT2D eigenvalue weighted by atomic mass is 10.2. The van der Waals surface area contributed by atoms with Gasteiger partial charge in [0.25, 0.3) is 0 Å². The first-order chi connectivity index (χ1) is 7.79. The van der Waals surface area contributed by atoms with E-state index in [0.29, 0.717) is 11.4 Å². The molecule has 1 aromatic heterocycles. The van der Waals surface area contributed by atoms with Crippen molar-refractivity contribution >= 4 is 17.8 Å². The lowest BCUT2D eigenvalue weighted by molar-refractivity contribution is 0.112. The maximum absolute atomic E-state index is 10.8. The zero-order chi connectivity index (χ0) is 11.4. The minimum absolute atomic E-state index is 0.558. The molecule has 16 heavy (non-hydrogen) atoms. The average Bonchev–Trinajstić information content (AvgIpc) is 2.33. The maximum Gasteiger partial charge on any atom is 0.153 e. The third kappa shape index (κ3) is 2.25. The van der Waals surface area contributed by atoms with Crippen molar-refractivity contribution in [2.24, 2.45) is 0 Å². The van der Waals surface area contributed by atoms with Gasteiger partial charge in [-0.2, -0.15) is 0 Å². The largest absolute Gasteiger partial charge is 0.340 e. The molecule has 0 radical (unpaired) electrons. The van der Waals surface area contributed by atoms with Crippen LogP contribution in [0.5, 0.6) is 0 Å². The van der Waals surface area contributed by atoms with E-state index >= 15 is 0 Å². The Bertz CT molecular complexity index is 492. The molecule has 80 valence electrons. The predicted molar refractivity (Wildman–Crippen MR) is 64.1 cm³/mol. The van der Waals surface area contributed by atoms with Crippen LogP contribution in [0, 0.1) is 6.92 Å². The molecular formula is C13H12N2O. The van der Waals surface area contributed by atoms with Gasteiger partial charge in [-0.15, -0.1) is 0 Å². The molecule has 0 amide bonds. The van der Waals surface area contributed by atoms with E-state index in [1.807, 2.05) is 31.2 Å². The van der Waals surface area contributed by atoms with Crippen molar-refractivity contribution in [2.75, 3.05) is 5.32 Å². The van der Waals surface area contributed by atoms with Crippen LogP contribution in [0.25, 0.3) is 0 Å². The van der Waals surface area contributed by atoms with Crippen molar-refractivity contribution in [3.63, 3.8) is 0 Å². The molecule has 0 unspecified atom stereocenters. The molecule has 0 saturated heterocycles. The van der Waals surface area contributed by atoms with Gasteiger partial charge in [-0.3, -0.25) is 4.79 Å². The van der Waals surface area contributed by atoms with Gasteiger partial charge in [-0.05, 0) is 31.2 Å². The number of hydrogen-bond acceptors (Lipinski definition) is 3. The summed E-state index contributed by atoms with van der Waals surface area (Å²) in [4.78, 5) is 14.9. The van der Waals surface area contributed by atoms with Crippen LogP contribution in [0.2, 0.25) is 0 Å². The molecule has 0 aliphatic rings. The number of carbonyl (C=O) groups is 1. The van der Waals surface area contributed by atoms with Gasteiger partial charge >= 0.3 is 0 Å². The van der Waals surface area contributed by atoms with Crippen LogP contribution in [0.1, 0.15) is 15.9 Å². The van der Waals surface area contributed by atoms with Crippen LogP contribution in [-0.4, -0.2) is 11.3 Å². The third-order valence-electron chi connectivity index (χ3n) is 2.28. The fourth-order valence-corrected chi connectivity index (χ4v) is 1.39. The van der Waals surface area contributed by atoms with Crippen molar-refractivity contribution in [3.8, 4) is 0 Å². The fourth-order valence-electron chi connectivity index (χ4n) is 1.39. The van der Waals surface area contributed by atoms with Crippen molar-refractivity contribution < 1.29 is 4.79 Å². The van der Waals surface area contributed by atoms with E-state index in [4.69, 9.17) is 0 Å². The van der Waals surface area contributed by atoms with Crippen LogP contribution < -0.4 is 5.32 Å². The second-order valence-corrected chi connectivity index (χ2v) is 3.55. The lowest BCUT2D eigenvalue weighted by Gasteiger charge is -2.07. The molecule has 3 heteroatoms. The average molecular weight is 212 g/mol. The van der Waals surface area contributed by atoms with Crippen molar-refractivity contribution in [2.45, 2.75) is 6.92 Å². The number of aldehydes is 1. The number of carbonyl (C=O) groups excluding carboxylic acids is 1. The van der Waals surface area contributed by atoms with Crippen molar-refractivity contribution in [3.05, 3.63) is 53.7 Å². The summed E-state index contributed by atoms with van der Waals surface area (Å²) in [6, 6.07) is 11.4. The molecule has 1 aromatic carbocycles. The molecule has 1 heterocycles. The molecular weight excluding hydrogens is 200 g/mol. The van der Waals surface area contributed by atoms with Crippen LogP contribution in [0.3, 0.4) is 0 Å². The van der Waals surface area contributed by atoms with Gasteiger partial charge < -0.3 is 5.32 Å². The summed E-state index contributed by atoms with van der Waals surface area (Å²) in [6.45, 7) is 2.03. The van der Waals surface area contributed by atoms with E-state index in [9.17, 15) is 4.79 Å². The Balaban J connectivity index is 2.26. The first-order valence-electron chi connectivity index (χ1n) is 5.03. The van der Waals surface area contributed by atoms with E-state index < -0.39 is 0 Å². The third-order valence-corrected chi connectivity index (χ3v) is 2.28. The number of hydrogen-bond donors (Lipinski definition) is 1. The van der Waals surface area contributed by atoms with E-state index in [1.54, 1.807) is 18.3 Å². The normalized spacial score (nSPS) is 9.81. The topological polar surface area (TPSA) is 42.0 Å². The zero-order valence-electron chi connectivity index (χ0n) is 8.97. The molecule has 0 spiro atoms. The molecule has 0 fully saturated rings. The first-order valence-corrected chi connectivity index (χ1v) is 5.03. The summed E-state index contributed by atoms with van der Waals surface area (Å²) in [5.74, 6) is 0.585. The molecule has 0 bridgehead atoms. The summed E-state index contributed by atoms with van der Waals surface area (Å²) >= 11 is 0. The Hall–Kier alpha value is -2.16. The minimum atomic E-state index is 0.558. The van der Waals surface area contributed by atoms with E-state index in [2.05, 4.69) is 10.3 Å². The van der Waals surface area contributed by atoms with Crippen LogP contribution >= 0.6 is 0 Å². The molecule has 2 rings (SSSR count). The summed E-state index contributed by atoms with van der Waals surface area (Å²) in [5, 5.41) is 3.11. The zero-order valence-corrected chi connectivity index (χ0v) is 8.97. The maximum atomic E-state index is 10.8. The van der Waals surface area contributed by atoms with Crippen molar-refractivity contribution in [1.29, 1.82) is 0 Å². The molecule has 0 aliphatic heterocycles. The summed E-state index contributed by atoms with van der Waals surface area (Å²) < 4.78 is 0. The van der Waals surface area contributed by atoms with Crippen LogP contribution in [0.15, 0.2) is 42.6 Å². The predicted octanol–water partition coefficient (Wildman–Crippen LogP) is 2.95. The fraction of sp³-hybridized carbons (Fsp3) is 0.0769. The molecule has 3 nitrogen and oxygen atoms in total. The number of aryl methyl sites for hydroxylation is 1. The summed E-state index contributed by atoms with van der Waals surface area (Å²) in [5.41, 5.74) is 2.68. The van der Waals surface area contributed by atoms with Gasteiger partial charge in [0.1, 0.15) is 5.82 Å². The van der Waals surface area contributed by atoms with Crippen molar-refractivity contribution in [1.82, 2.24) is 4.98 Å². The highest BCUT2D eigenvalue weighted by molar-refractivity contribution is 5.83. The molecule has 1 N–H and O–H groups in total. The van der Waals surface area contributed by atoms with Crippen LogP contribution in [0.4, 0.5) is 11.5 Å². The highest BCUT2D eigenvalue weighted by atomic mass is 16.1. The minimum Gasteiger partial charge on any atom is -0.340 e. The first kappa shape index (κ1) is 10.4. The van der Waals surface area contributed by atoms with Gasteiger partial charge in [0.2, 0.25) is 0 Å². The second-order valence-electron chi connectivity index (χ2n) is 3.55. The van der Waals surface area contributed by atoms with Gasteiger partial charge in [-0.1, -0.05) is 17.7 Å². The summed E-state index contributed by atoms with van der Waals surface area (Å²) in [6.07, 6.45) is 2.45. The Morgan fingerprint density at radius 3 is 2.62 bits per heavy atom. The Morgan fingerprint density at radius 2 is 1.94 bits per heavy atom. The van der Waals surface area contributed by atoms with E-state index in [-0.39, 0.29) is 0 Å². The SMILES string of the molecule is Cc1ccc(Nc2ncccc2C=O)cc1. The van der Waals surface area contributed by atoms with Gasteiger partial charge in [0.15, 0.2) is 6.29 Å². The van der Waals surface area contributed by atoms with Gasteiger partial charge in [0.05, 0.1) is 5.56 Å². The second kappa shape index (κ2) is 4.57. The van der Waals surface area contributed by atoms with E-state index in [1.165, 1.54) is 5.56 Å². The Labute approximate surface area is 94.1 Å². The summed E-state index contributed by atoms with van der Waals surface area (Å²) in [7, 11) is 0. The van der Waals surface area contributed by atoms with Crippen LogP contribution in [-0.2, 0) is 0 Å². The number of anilines is 2. The lowest BCUT2D eigenvalue weighted by Crippen LogP contribution is -1.97. The highest BCUT2D eigenvalue weighted by Crippen LogP contribution is 2.17. The van der Waals surface area contributed by atoms with Gasteiger partial charge in [0, 0.05) is 11.9 Å². The molecule has 0 saturated carbocycles. The molecule has 0 atom stereocenters. The number of rotatable bonds is 3. The van der Waals surface area contributed by atoms with E-state index in [0.717, 1.165) is 12.0 Å². The van der Waals surface area contributed by atoms with Gasteiger partial charge in [-0.25, -0.2) is 4.98 Å². The Kier molecular flexibility index (Phi) is 2.96. The quantitative estimate of drug-likeness (QED) is 0.795. The highest BCUT2D eigenvalue weighted by Gasteiger charge is 2.01. The number of nitrogens with zero attached hydrogens (tertiary/aromatic N) is 1. The molecule has 2 aromatic rings. The number of benzene rings is 1. The number of pyridine rings is 1. The number of nitrogens with one attached hydrogen (secondary N) is 1. The standard InChI is InChI=1S/C13H12N2O/c1-10-4-6-12(7-5-10)15-13-11(9-16)3-2-8-14-13/h2-9H,1H3,(H,14,15).